The van der Waals surface area contributed by atoms with E-state index in [4.69, 9.17) is 9.47 Å². The summed E-state index contributed by atoms with van der Waals surface area (Å²) in [5, 5.41) is 0. The van der Waals surface area contributed by atoms with Gasteiger partial charge in [-0.15, -0.1) is 0 Å². The zero-order valence-corrected chi connectivity index (χ0v) is 14.8. The van der Waals surface area contributed by atoms with Crippen LogP contribution in [-0.4, -0.2) is 63.8 Å². The topological polar surface area (TPSA) is 24.9 Å². The summed E-state index contributed by atoms with van der Waals surface area (Å²) in [4.78, 5) is 4.93. The molecule has 1 aromatic rings. The molecule has 1 saturated heterocycles. The van der Waals surface area contributed by atoms with Crippen LogP contribution in [0.3, 0.4) is 0 Å². The lowest BCUT2D eigenvalue weighted by Gasteiger charge is -2.32. The van der Waals surface area contributed by atoms with Gasteiger partial charge in [-0.25, -0.2) is 0 Å². The summed E-state index contributed by atoms with van der Waals surface area (Å²) < 4.78 is 11.9. The Morgan fingerprint density at radius 3 is 2.43 bits per heavy atom. The molecule has 1 aromatic carbocycles. The van der Waals surface area contributed by atoms with Crippen molar-refractivity contribution in [3.05, 3.63) is 22.2 Å². The number of nitrogens with zero attached hydrogens (tertiary/aromatic N) is 2. The number of aryl methyl sites for hydroxylation is 1. The minimum Gasteiger partial charge on any atom is -0.493 e. The summed E-state index contributed by atoms with van der Waals surface area (Å²) in [6.45, 7) is 5.85. The van der Waals surface area contributed by atoms with Crippen molar-refractivity contribution in [2.24, 2.45) is 0 Å². The number of methoxy groups -OCH3 is 2. The number of hydrogen-bond acceptors (Lipinski definition) is 4. The first-order valence-corrected chi connectivity index (χ1v) is 8.24. The Morgan fingerprint density at radius 1 is 1.10 bits per heavy atom. The largest absolute Gasteiger partial charge is 0.493 e. The van der Waals surface area contributed by atoms with Crippen LogP contribution in [0.15, 0.2) is 16.6 Å². The van der Waals surface area contributed by atoms with E-state index in [0.717, 1.165) is 35.4 Å². The molecule has 0 atom stereocenters. The van der Waals surface area contributed by atoms with Gasteiger partial charge in [0.1, 0.15) is 0 Å². The van der Waals surface area contributed by atoms with Crippen molar-refractivity contribution in [2.45, 2.75) is 12.8 Å². The highest BCUT2D eigenvalue weighted by molar-refractivity contribution is 9.10. The van der Waals surface area contributed by atoms with Gasteiger partial charge in [-0.2, -0.15) is 0 Å². The molecule has 2 rings (SSSR count). The number of halogens is 1. The van der Waals surface area contributed by atoms with Crippen molar-refractivity contribution >= 4 is 15.9 Å². The summed E-state index contributed by atoms with van der Waals surface area (Å²) in [6, 6.07) is 4.08. The van der Waals surface area contributed by atoms with Crippen LogP contribution in [0.4, 0.5) is 0 Å². The van der Waals surface area contributed by atoms with Crippen LogP contribution >= 0.6 is 15.9 Å². The van der Waals surface area contributed by atoms with Crippen molar-refractivity contribution in [3.63, 3.8) is 0 Å². The van der Waals surface area contributed by atoms with E-state index in [1.165, 1.54) is 31.7 Å². The molecule has 118 valence electrons. The average Bonchev–Trinajstić information content (AvgIpc) is 2.48. The molecule has 1 fully saturated rings. The molecule has 0 saturated carbocycles. The summed E-state index contributed by atoms with van der Waals surface area (Å²) >= 11 is 3.54. The lowest BCUT2D eigenvalue weighted by atomic mass is 10.1. The molecule has 0 aromatic heterocycles. The Labute approximate surface area is 136 Å². The second kappa shape index (κ2) is 8.01. The lowest BCUT2D eigenvalue weighted by molar-refractivity contribution is 0.153. The van der Waals surface area contributed by atoms with Crippen molar-refractivity contribution in [3.8, 4) is 11.5 Å². The highest BCUT2D eigenvalue weighted by Crippen LogP contribution is 2.35. The second-order valence-electron chi connectivity index (χ2n) is 5.55. The molecule has 21 heavy (non-hydrogen) atoms. The van der Waals surface area contributed by atoms with Crippen molar-refractivity contribution in [1.29, 1.82) is 0 Å². The smallest absolute Gasteiger partial charge is 0.163 e. The molecule has 1 aliphatic rings. The molecular formula is C16H25BrN2O2. The minimum absolute atomic E-state index is 0.793. The van der Waals surface area contributed by atoms with E-state index in [1.807, 2.05) is 6.07 Å². The third-order valence-electron chi connectivity index (χ3n) is 4.04. The third-order valence-corrected chi connectivity index (χ3v) is 4.49. The summed E-state index contributed by atoms with van der Waals surface area (Å²) in [7, 11) is 5.57. The van der Waals surface area contributed by atoms with Gasteiger partial charge in [0, 0.05) is 30.7 Å². The molecule has 0 bridgehead atoms. The van der Waals surface area contributed by atoms with Gasteiger partial charge >= 0.3 is 0 Å². The van der Waals surface area contributed by atoms with E-state index in [0.29, 0.717) is 0 Å². The van der Waals surface area contributed by atoms with Crippen molar-refractivity contribution in [1.82, 2.24) is 9.80 Å². The van der Waals surface area contributed by atoms with Crippen LogP contribution in [0.5, 0.6) is 11.5 Å². The Hall–Kier alpha value is -0.780. The maximum Gasteiger partial charge on any atom is 0.163 e. The zero-order valence-electron chi connectivity index (χ0n) is 13.2. The van der Waals surface area contributed by atoms with Crippen LogP contribution in [0, 0.1) is 0 Å². The van der Waals surface area contributed by atoms with Gasteiger partial charge in [0.2, 0.25) is 0 Å². The van der Waals surface area contributed by atoms with Crippen LogP contribution in [0.2, 0.25) is 0 Å². The Kier molecular flexibility index (Phi) is 6.33. The van der Waals surface area contributed by atoms with Crippen LogP contribution in [0.25, 0.3) is 0 Å². The van der Waals surface area contributed by atoms with Crippen LogP contribution in [0.1, 0.15) is 12.0 Å². The maximum atomic E-state index is 5.51. The van der Waals surface area contributed by atoms with E-state index in [2.05, 4.69) is 38.8 Å². The van der Waals surface area contributed by atoms with Gasteiger partial charge in [-0.3, -0.25) is 0 Å². The number of hydrogen-bond donors (Lipinski definition) is 0. The zero-order chi connectivity index (χ0) is 15.2. The first kappa shape index (κ1) is 16.6. The Morgan fingerprint density at radius 2 is 1.81 bits per heavy atom. The fourth-order valence-electron chi connectivity index (χ4n) is 2.76. The number of ether oxygens (including phenoxy) is 2. The second-order valence-corrected chi connectivity index (χ2v) is 6.46. The van der Waals surface area contributed by atoms with Crippen LogP contribution in [-0.2, 0) is 6.42 Å². The molecule has 1 heterocycles. The molecule has 4 nitrogen and oxygen atoms in total. The lowest BCUT2D eigenvalue weighted by Crippen LogP contribution is -2.44. The average molecular weight is 357 g/mol. The van der Waals surface area contributed by atoms with E-state index < -0.39 is 0 Å². The first-order valence-electron chi connectivity index (χ1n) is 7.45. The molecular weight excluding hydrogens is 332 g/mol. The molecule has 0 N–H and O–H groups in total. The third kappa shape index (κ3) is 4.59. The van der Waals surface area contributed by atoms with Gasteiger partial charge in [0.05, 0.1) is 14.2 Å². The molecule has 0 amide bonds. The standard InChI is InChI=1S/C16H25BrN2O2/c1-18-7-9-19(10-8-18)6-4-5-13-11-14(17)12-15(20-2)16(13)21-3/h11-12H,4-10H2,1-3H3. The molecule has 0 radical (unpaired) electrons. The minimum atomic E-state index is 0.793. The molecule has 0 aliphatic carbocycles. The number of benzene rings is 1. The molecule has 0 unspecified atom stereocenters. The van der Waals surface area contributed by atoms with Crippen LogP contribution < -0.4 is 9.47 Å². The molecule has 0 spiro atoms. The van der Waals surface area contributed by atoms with Gasteiger partial charge in [-0.05, 0) is 44.1 Å². The normalized spacial score (nSPS) is 17.0. The van der Waals surface area contributed by atoms with Crippen molar-refractivity contribution in [2.75, 3.05) is 54.0 Å². The van der Waals surface area contributed by atoms with E-state index in [-0.39, 0.29) is 0 Å². The summed E-state index contributed by atoms with van der Waals surface area (Å²) in [6.07, 6.45) is 2.14. The van der Waals surface area contributed by atoms with Gasteiger partial charge in [0.25, 0.3) is 0 Å². The monoisotopic (exact) mass is 356 g/mol. The predicted molar refractivity (Wildman–Crippen MR) is 89.5 cm³/mol. The molecule has 1 aliphatic heterocycles. The predicted octanol–water partition coefficient (Wildman–Crippen LogP) is 2.65. The first-order chi connectivity index (χ1) is 10.1. The highest BCUT2D eigenvalue weighted by Gasteiger charge is 2.15. The van der Waals surface area contributed by atoms with Gasteiger partial charge in [-0.1, -0.05) is 15.9 Å². The Balaban J connectivity index is 1.92. The van der Waals surface area contributed by atoms with Crippen molar-refractivity contribution < 1.29 is 9.47 Å². The van der Waals surface area contributed by atoms with E-state index in [9.17, 15) is 0 Å². The molecule has 5 heteroatoms. The van der Waals surface area contributed by atoms with Gasteiger partial charge in [0.15, 0.2) is 11.5 Å². The SMILES string of the molecule is COc1cc(Br)cc(CCCN2CCN(C)CC2)c1OC. The highest BCUT2D eigenvalue weighted by atomic mass is 79.9. The van der Waals surface area contributed by atoms with Gasteiger partial charge < -0.3 is 19.3 Å². The van der Waals surface area contributed by atoms with E-state index >= 15 is 0 Å². The van der Waals surface area contributed by atoms with E-state index in [1.54, 1.807) is 14.2 Å². The quantitative estimate of drug-likeness (QED) is 0.782. The maximum absolute atomic E-state index is 5.51. The summed E-state index contributed by atoms with van der Waals surface area (Å²) in [5.74, 6) is 1.65. The fraction of sp³-hybridized carbons (Fsp3) is 0.625. The Bertz CT molecular complexity index is 460. The number of likely N-dealkylation sites (N-methyl/N-ethyl adjacent to an activating group) is 1. The fourth-order valence-corrected chi connectivity index (χ4v) is 3.24. The number of piperazine rings is 1. The summed E-state index contributed by atoms with van der Waals surface area (Å²) in [5.41, 5.74) is 1.21. The number of rotatable bonds is 6.